The third kappa shape index (κ3) is 3.31. The molecular formula is C11H16FNS. The average Bonchev–Trinajstić information content (AvgIpc) is 2.26. The van der Waals surface area contributed by atoms with Crippen molar-refractivity contribution in [2.24, 2.45) is 0 Å². The molecule has 0 bridgehead atoms. The monoisotopic (exact) mass is 213 g/mol. The lowest BCUT2D eigenvalue weighted by atomic mass is 10.1. The quantitative estimate of drug-likeness (QED) is 0.755. The average molecular weight is 213 g/mol. The zero-order valence-corrected chi connectivity index (χ0v) is 9.40. The van der Waals surface area contributed by atoms with E-state index in [1.54, 1.807) is 11.8 Å². The number of nitrogens with one attached hydrogen (secondary N) is 1. The normalized spacial score (nSPS) is 12.8. The number of halogens is 1. The highest BCUT2D eigenvalue weighted by Gasteiger charge is 2.01. The Kier molecular flexibility index (Phi) is 4.98. The Hall–Kier alpha value is -0.540. The molecule has 78 valence electrons. The molecule has 0 aliphatic rings. The van der Waals surface area contributed by atoms with Crippen molar-refractivity contribution in [1.82, 2.24) is 5.32 Å². The fraction of sp³-hybridized carbons (Fsp3) is 0.455. The van der Waals surface area contributed by atoms with Crippen molar-refractivity contribution in [3.05, 3.63) is 29.8 Å². The van der Waals surface area contributed by atoms with Crippen LogP contribution in [0.5, 0.6) is 0 Å². The molecular weight excluding hydrogens is 197 g/mol. The maximum absolute atomic E-state index is 11.9. The first-order chi connectivity index (χ1) is 6.77. The third-order valence-corrected chi connectivity index (χ3v) is 3.12. The van der Waals surface area contributed by atoms with Crippen molar-refractivity contribution in [3.63, 3.8) is 0 Å². The predicted molar refractivity (Wildman–Crippen MR) is 60.6 cm³/mol. The molecule has 0 fully saturated rings. The largest absolute Gasteiger partial charge is 0.313 e. The molecule has 0 aromatic heterocycles. The summed E-state index contributed by atoms with van der Waals surface area (Å²) in [5.41, 5.74) is 1.26. The van der Waals surface area contributed by atoms with Crippen LogP contribution in [-0.2, 0) is 0 Å². The molecule has 1 aromatic rings. The van der Waals surface area contributed by atoms with Crippen LogP contribution in [0.25, 0.3) is 0 Å². The van der Waals surface area contributed by atoms with E-state index in [-0.39, 0.29) is 6.67 Å². The summed E-state index contributed by atoms with van der Waals surface area (Å²) in [6, 6.07) is 8.63. The number of rotatable bonds is 5. The molecule has 1 atom stereocenters. The minimum Gasteiger partial charge on any atom is -0.313 e. The zero-order chi connectivity index (χ0) is 10.4. The van der Waals surface area contributed by atoms with Crippen LogP contribution in [0.2, 0.25) is 0 Å². The molecule has 1 aromatic carbocycles. The lowest BCUT2D eigenvalue weighted by Crippen LogP contribution is -2.11. The SMILES string of the molecule is CNC(C)c1ccc(SCCF)cc1. The van der Waals surface area contributed by atoms with Gasteiger partial charge in [0, 0.05) is 16.7 Å². The first kappa shape index (κ1) is 11.5. The van der Waals surface area contributed by atoms with Crippen LogP contribution in [-0.4, -0.2) is 19.5 Å². The van der Waals surface area contributed by atoms with Gasteiger partial charge in [0.1, 0.15) is 0 Å². The summed E-state index contributed by atoms with van der Waals surface area (Å²) in [7, 11) is 1.94. The zero-order valence-electron chi connectivity index (χ0n) is 8.59. The molecule has 1 unspecified atom stereocenters. The topological polar surface area (TPSA) is 12.0 Å². The summed E-state index contributed by atoms with van der Waals surface area (Å²) in [4.78, 5) is 1.13. The maximum atomic E-state index is 11.9. The van der Waals surface area contributed by atoms with Gasteiger partial charge in [-0.15, -0.1) is 11.8 Å². The van der Waals surface area contributed by atoms with Crippen LogP contribution in [0.3, 0.4) is 0 Å². The fourth-order valence-corrected chi connectivity index (χ4v) is 1.82. The Labute approximate surface area is 89.1 Å². The molecule has 0 amide bonds. The second-order valence-corrected chi connectivity index (χ2v) is 4.29. The van der Waals surface area contributed by atoms with Crippen molar-refractivity contribution in [1.29, 1.82) is 0 Å². The Balaban J connectivity index is 2.59. The van der Waals surface area contributed by atoms with Crippen molar-refractivity contribution in [2.45, 2.75) is 17.9 Å². The first-order valence-electron chi connectivity index (χ1n) is 4.74. The highest BCUT2D eigenvalue weighted by Crippen LogP contribution is 2.20. The number of hydrogen-bond acceptors (Lipinski definition) is 2. The van der Waals surface area contributed by atoms with E-state index in [9.17, 15) is 4.39 Å². The Bertz CT molecular complexity index is 260. The highest BCUT2D eigenvalue weighted by atomic mass is 32.2. The summed E-state index contributed by atoms with van der Waals surface area (Å²) in [5, 5.41) is 3.18. The van der Waals surface area contributed by atoms with Gasteiger partial charge in [-0.1, -0.05) is 12.1 Å². The molecule has 0 heterocycles. The summed E-state index contributed by atoms with van der Waals surface area (Å²) >= 11 is 1.55. The molecule has 1 rings (SSSR count). The lowest BCUT2D eigenvalue weighted by molar-refractivity contribution is 0.533. The van der Waals surface area contributed by atoms with Crippen LogP contribution >= 0.6 is 11.8 Å². The van der Waals surface area contributed by atoms with Crippen molar-refractivity contribution >= 4 is 11.8 Å². The molecule has 0 saturated carbocycles. The second-order valence-electron chi connectivity index (χ2n) is 3.12. The molecule has 0 aliphatic heterocycles. The van der Waals surface area contributed by atoms with Gasteiger partial charge in [-0.3, -0.25) is 4.39 Å². The van der Waals surface area contributed by atoms with Gasteiger partial charge in [-0.05, 0) is 31.7 Å². The Morgan fingerprint density at radius 3 is 2.50 bits per heavy atom. The highest BCUT2D eigenvalue weighted by molar-refractivity contribution is 7.99. The van der Waals surface area contributed by atoms with E-state index in [0.717, 1.165) is 4.90 Å². The van der Waals surface area contributed by atoms with Gasteiger partial charge in [0.05, 0.1) is 6.67 Å². The van der Waals surface area contributed by atoms with E-state index < -0.39 is 0 Å². The van der Waals surface area contributed by atoms with Crippen molar-refractivity contribution < 1.29 is 4.39 Å². The summed E-state index contributed by atoms with van der Waals surface area (Å²) in [6.45, 7) is 1.85. The van der Waals surface area contributed by atoms with E-state index in [1.165, 1.54) is 5.56 Å². The van der Waals surface area contributed by atoms with Crippen molar-refractivity contribution in [2.75, 3.05) is 19.5 Å². The van der Waals surface area contributed by atoms with Crippen LogP contribution in [0.4, 0.5) is 4.39 Å². The third-order valence-electron chi connectivity index (χ3n) is 2.16. The molecule has 1 nitrogen and oxygen atoms in total. The fourth-order valence-electron chi connectivity index (χ4n) is 1.18. The molecule has 3 heteroatoms. The van der Waals surface area contributed by atoms with Crippen LogP contribution in [0.15, 0.2) is 29.2 Å². The second kappa shape index (κ2) is 6.04. The predicted octanol–water partition coefficient (Wildman–Crippen LogP) is 3.03. The van der Waals surface area contributed by atoms with Gasteiger partial charge < -0.3 is 5.32 Å². The smallest absolute Gasteiger partial charge is 0.0988 e. The van der Waals surface area contributed by atoms with Crippen LogP contribution in [0.1, 0.15) is 18.5 Å². The van der Waals surface area contributed by atoms with E-state index in [1.807, 2.05) is 19.2 Å². The van der Waals surface area contributed by atoms with Gasteiger partial charge >= 0.3 is 0 Å². The Morgan fingerprint density at radius 2 is 2.00 bits per heavy atom. The molecule has 1 N–H and O–H groups in total. The summed E-state index contributed by atoms with van der Waals surface area (Å²) < 4.78 is 11.9. The minimum absolute atomic E-state index is 0.265. The maximum Gasteiger partial charge on any atom is 0.0988 e. The van der Waals surface area contributed by atoms with Crippen LogP contribution < -0.4 is 5.32 Å². The molecule has 0 radical (unpaired) electrons. The number of benzene rings is 1. The van der Waals surface area contributed by atoms with Gasteiger partial charge in [0.2, 0.25) is 0 Å². The summed E-state index contributed by atoms with van der Waals surface area (Å²) in [5.74, 6) is 0.543. The Morgan fingerprint density at radius 1 is 1.36 bits per heavy atom. The van der Waals surface area contributed by atoms with E-state index in [0.29, 0.717) is 11.8 Å². The molecule has 0 saturated heterocycles. The van der Waals surface area contributed by atoms with Gasteiger partial charge in [0.25, 0.3) is 0 Å². The van der Waals surface area contributed by atoms with Crippen LogP contribution in [0, 0.1) is 0 Å². The molecule has 14 heavy (non-hydrogen) atoms. The lowest BCUT2D eigenvalue weighted by Gasteiger charge is -2.10. The molecule has 0 aliphatic carbocycles. The van der Waals surface area contributed by atoms with E-state index in [4.69, 9.17) is 0 Å². The first-order valence-corrected chi connectivity index (χ1v) is 5.72. The van der Waals surface area contributed by atoms with Gasteiger partial charge in [-0.2, -0.15) is 0 Å². The van der Waals surface area contributed by atoms with Gasteiger partial charge in [0.15, 0.2) is 0 Å². The standard InChI is InChI=1S/C11H16FNS/c1-9(13-2)10-3-5-11(6-4-10)14-8-7-12/h3-6,9,13H,7-8H2,1-2H3. The number of alkyl halides is 1. The molecule has 0 spiro atoms. The van der Waals surface area contributed by atoms with E-state index >= 15 is 0 Å². The van der Waals surface area contributed by atoms with E-state index in [2.05, 4.69) is 24.4 Å². The van der Waals surface area contributed by atoms with Gasteiger partial charge in [-0.25, -0.2) is 0 Å². The summed E-state index contributed by atoms with van der Waals surface area (Å²) in [6.07, 6.45) is 0. The number of hydrogen-bond donors (Lipinski definition) is 1. The number of thioether (sulfide) groups is 1. The minimum atomic E-state index is -0.265. The van der Waals surface area contributed by atoms with Crippen molar-refractivity contribution in [3.8, 4) is 0 Å².